The normalized spacial score (nSPS) is 14.6. The summed E-state index contributed by atoms with van der Waals surface area (Å²) in [5, 5.41) is 6.33. The molecule has 0 unspecified atom stereocenters. The number of hydrogen-bond acceptors (Lipinski definition) is 4. The Hall–Kier alpha value is -1.35. The fourth-order valence-electron chi connectivity index (χ4n) is 2.85. The lowest BCUT2D eigenvalue weighted by Crippen LogP contribution is -2.38. The number of carbonyl (C=O) groups excluding carboxylic acids is 1. The number of likely N-dealkylation sites (tertiary alicyclic amines) is 1. The highest BCUT2D eigenvalue weighted by Crippen LogP contribution is 2.13. The zero-order valence-electron chi connectivity index (χ0n) is 15.8. The Labute approximate surface area is 173 Å². The first-order chi connectivity index (χ1) is 12.2. The van der Waals surface area contributed by atoms with Gasteiger partial charge in [-0.3, -0.25) is 9.69 Å². The molecule has 0 bridgehead atoms. The second-order valence-corrected chi connectivity index (χ2v) is 6.25. The molecular weight excluding hydrogens is 443 g/mol. The van der Waals surface area contributed by atoms with Gasteiger partial charge in [-0.05, 0) is 44.0 Å². The molecule has 1 aromatic rings. The predicted molar refractivity (Wildman–Crippen MR) is 116 cm³/mol. The van der Waals surface area contributed by atoms with Crippen LogP contribution in [0.4, 0.5) is 0 Å². The number of carbonyl (C=O) groups is 1. The molecule has 1 aromatic carbocycles. The summed E-state index contributed by atoms with van der Waals surface area (Å²) in [6.07, 6.45) is 2.97. The lowest BCUT2D eigenvalue weighted by atomic mass is 10.1. The van der Waals surface area contributed by atoms with Gasteiger partial charge in [0.25, 0.3) is 0 Å². The van der Waals surface area contributed by atoms with E-state index in [1.165, 1.54) is 44.2 Å². The van der Waals surface area contributed by atoms with E-state index in [0.717, 1.165) is 13.1 Å². The predicted octanol–water partition coefficient (Wildman–Crippen LogP) is 2.52. The first kappa shape index (κ1) is 22.7. The molecule has 0 radical (unpaired) electrons. The van der Waals surface area contributed by atoms with Crippen LogP contribution in [-0.4, -0.2) is 50.1 Å². The quantitative estimate of drug-likeness (QED) is 0.263. The van der Waals surface area contributed by atoms with Gasteiger partial charge in [-0.2, -0.15) is 0 Å². The van der Waals surface area contributed by atoms with Crippen LogP contribution < -0.4 is 10.6 Å². The van der Waals surface area contributed by atoms with Gasteiger partial charge in [-0.15, -0.1) is 24.0 Å². The summed E-state index contributed by atoms with van der Waals surface area (Å²) in [5.41, 5.74) is 2.54. The van der Waals surface area contributed by atoms with Gasteiger partial charge in [0.15, 0.2) is 5.96 Å². The molecule has 1 aliphatic rings. The van der Waals surface area contributed by atoms with Gasteiger partial charge in [-0.25, -0.2) is 4.99 Å². The van der Waals surface area contributed by atoms with Gasteiger partial charge < -0.3 is 15.4 Å². The highest BCUT2D eigenvalue weighted by atomic mass is 127. The van der Waals surface area contributed by atoms with Gasteiger partial charge in [0, 0.05) is 19.6 Å². The number of methoxy groups -OCH3 is 1. The molecule has 1 aliphatic heterocycles. The summed E-state index contributed by atoms with van der Waals surface area (Å²) >= 11 is 0. The molecule has 0 aliphatic carbocycles. The maximum absolute atomic E-state index is 11.2. The maximum atomic E-state index is 11.2. The van der Waals surface area contributed by atoms with Crippen LogP contribution in [0.1, 0.15) is 37.3 Å². The van der Waals surface area contributed by atoms with Crippen molar-refractivity contribution >= 4 is 35.9 Å². The second kappa shape index (κ2) is 12.9. The van der Waals surface area contributed by atoms with E-state index in [9.17, 15) is 4.79 Å². The molecule has 1 fully saturated rings. The van der Waals surface area contributed by atoms with E-state index < -0.39 is 0 Å². The van der Waals surface area contributed by atoms with E-state index in [1.54, 1.807) is 0 Å². The van der Waals surface area contributed by atoms with Gasteiger partial charge in [0.2, 0.25) is 0 Å². The highest BCUT2D eigenvalue weighted by molar-refractivity contribution is 14.0. The van der Waals surface area contributed by atoms with Gasteiger partial charge >= 0.3 is 5.97 Å². The Morgan fingerprint density at radius 1 is 1.15 bits per heavy atom. The number of nitrogens with one attached hydrogen (secondary N) is 2. The minimum Gasteiger partial charge on any atom is -0.469 e. The van der Waals surface area contributed by atoms with Crippen molar-refractivity contribution in [2.75, 3.05) is 33.3 Å². The summed E-state index contributed by atoms with van der Waals surface area (Å²) in [4.78, 5) is 18.2. The van der Waals surface area contributed by atoms with E-state index in [0.29, 0.717) is 25.5 Å². The smallest absolute Gasteiger partial charge is 0.307 e. The molecule has 2 rings (SSSR count). The molecule has 0 spiro atoms. The fourth-order valence-corrected chi connectivity index (χ4v) is 2.85. The van der Waals surface area contributed by atoms with E-state index in [4.69, 9.17) is 0 Å². The Bertz CT molecular complexity index is 557. The van der Waals surface area contributed by atoms with Crippen LogP contribution in [0.25, 0.3) is 0 Å². The maximum Gasteiger partial charge on any atom is 0.307 e. The van der Waals surface area contributed by atoms with Gasteiger partial charge in [0.1, 0.15) is 0 Å². The molecule has 0 aromatic heterocycles. The average Bonchev–Trinajstić information content (AvgIpc) is 3.13. The van der Waals surface area contributed by atoms with Crippen molar-refractivity contribution in [3.8, 4) is 0 Å². The number of nitrogens with zero attached hydrogens (tertiary/aromatic N) is 2. The molecule has 1 saturated heterocycles. The van der Waals surface area contributed by atoms with Crippen molar-refractivity contribution in [2.24, 2.45) is 4.99 Å². The molecule has 0 atom stereocenters. The lowest BCUT2D eigenvalue weighted by molar-refractivity contribution is -0.140. The van der Waals surface area contributed by atoms with Crippen LogP contribution in [0.2, 0.25) is 0 Å². The van der Waals surface area contributed by atoms with Crippen molar-refractivity contribution in [1.29, 1.82) is 0 Å². The van der Waals surface area contributed by atoms with Crippen LogP contribution in [0, 0.1) is 0 Å². The monoisotopic (exact) mass is 474 g/mol. The number of hydrogen-bond donors (Lipinski definition) is 2. The van der Waals surface area contributed by atoms with Crippen LogP contribution in [0.3, 0.4) is 0 Å². The highest BCUT2D eigenvalue weighted by Gasteiger charge is 2.11. The molecule has 1 heterocycles. The molecule has 0 amide bonds. The lowest BCUT2D eigenvalue weighted by Gasteiger charge is -2.14. The molecule has 7 heteroatoms. The Balaban J connectivity index is 0.00000338. The van der Waals surface area contributed by atoms with Crippen molar-refractivity contribution in [2.45, 2.75) is 39.3 Å². The van der Waals surface area contributed by atoms with E-state index in [2.05, 4.69) is 49.5 Å². The number of rotatable bonds is 8. The van der Waals surface area contributed by atoms with Crippen molar-refractivity contribution < 1.29 is 9.53 Å². The van der Waals surface area contributed by atoms with Gasteiger partial charge in [0.05, 0.1) is 20.1 Å². The minimum absolute atomic E-state index is 0. The van der Waals surface area contributed by atoms with E-state index >= 15 is 0 Å². The average molecular weight is 474 g/mol. The number of ether oxygens (including phenoxy) is 1. The summed E-state index contributed by atoms with van der Waals surface area (Å²) in [6, 6.07) is 8.68. The third-order valence-corrected chi connectivity index (χ3v) is 4.24. The Morgan fingerprint density at radius 2 is 1.81 bits per heavy atom. The van der Waals surface area contributed by atoms with Gasteiger partial charge in [-0.1, -0.05) is 24.3 Å². The summed E-state index contributed by atoms with van der Waals surface area (Å²) in [7, 11) is 1.40. The first-order valence-corrected chi connectivity index (χ1v) is 9.10. The van der Waals surface area contributed by atoms with Crippen LogP contribution in [0.5, 0.6) is 0 Å². The largest absolute Gasteiger partial charge is 0.469 e. The number of guanidine groups is 1. The second-order valence-electron chi connectivity index (χ2n) is 6.25. The third kappa shape index (κ3) is 8.35. The molecule has 26 heavy (non-hydrogen) atoms. The Kier molecular flexibility index (Phi) is 11.3. The van der Waals surface area contributed by atoms with Crippen molar-refractivity contribution in [3.63, 3.8) is 0 Å². The standard InChI is InChI=1S/C19H30N4O2.HI/c1-3-20-19(21-11-10-18(24)25-2)22-14-16-6-8-17(9-7-16)15-23-12-4-5-13-23;/h6-9H,3-5,10-15H2,1-2H3,(H2,20,21,22);1H. The molecule has 0 saturated carbocycles. The van der Waals surface area contributed by atoms with E-state index in [-0.39, 0.29) is 29.9 Å². The van der Waals surface area contributed by atoms with E-state index in [1.807, 2.05) is 6.92 Å². The molecule has 146 valence electrons. The van der Waals surface area contributed by atoms with Crippen LogP contribution in [0.15, 0.2) is 29.3 Å². The SMILES string of the molecule is CCNC(=NCc1ccc(CN2CCCC2)cc1)NCCC(=O)OC.I. The zero-order chi connectivity index (χ0) is 17.9. The van der Waals surface area contributed by atoms with Crippen molar-refractivity contribution in [1.82, 2.24) is 15.5 Å². The Morgan fingerprint density at radius 3 is 2.42 bits per heavy atom. The zero-order valence-corrected chi connectivity index (χ0v) is 18.1. The molecule has 2 N–H and O–H groups in total. The van der Waals surface area contributed by atoms with Crippen LogP contribution in [-0.2, 0) is 22.6 Å². The number of esters is 1. The summed E-state index contributed by atoms with van der Waals surface area (Å²) < 4.78 is 4.64. The van der Waals surface area contributed by atoms with Crippen LogP contribution >= 0.6 is 24.0 Å². The first-order valence-electron chi connectivity index (χ1n) is 9.10. The molecular formula is C19H31IN4O2. The summed E-state index contributed by atoms with van der Waals surface area (Å²) in [6.45, 7) is 7.39. The number of benzene rings is 1. The number of aliphatic imine (C=N–C) groups is 1. The topological polar surface area (TPSA) is 66.0 Å². The van der Waals surface area contributed by atoms with Crippen molar-refractivity contribution in [3.05, 3.63) is 35.4 Å². The number of halogens is 1. The minimum atomic E-state index is -0.225. The fraction of sp³-hybridized carbons (Fsp3) is 0.579. The molecule has 6 nitrogen and oxygen atoms in total. The summed E-state index contributed by atoms with van der Waals surface area (Å²) in [5.74, 6) is 0.490. The third-order valence-electron chi connectivity index (χ3n) is 4.24.